The largest absolute Gasteiger partial charge is 0.497 e. The number of aryl methyl sites for hydroxylation is 1. The third kappa shape index (κ3) is 4.38. The van der Waals surface area contributed by atoms with Crippen molar-refractivity contribution >= 4 is 23.2 Å². The van der Waals surface area contributed by atoms with Gasteiger partial charge in [0.2, 0.25) is 0 Å². The van der Waals surface area contributed by atoms with Crippen LogP contribution in [0.4, 0.5) is 11.4 Å². The molecule has 6 heteroatoms. The van der Waals surface area contributed by atoms with Crippen molar-refractivity contribution in [2.75, 3.05) is 31.0 Å². The lowest BCUT2D eigenvalue weighted by atomic mass is 10.00. The number of ether oxygens (including phenoxy) is 2. The lowest BCUT2D eigenvalue weighted by molar-refractivity contribution is 0.0983. The highest BCUT2D eigenvalue weighted by Gasteiger charge is 2.24. The first kappa shape index (κ1) is 20.5. The molecule has 158 valence electrons. The van der Waals surface area contributed by atoms with Gasteiger partial charge in [-0.25, -0.2) is 0 Å². The molecular formula is C25H24N2O4. The van der Waals surface area contributed by atoms with E-state index < -0.39 is 0 Å². The fraction of sp³-hybridized carbons (Fsp3) is 0.200. The Balaban J connectivity index is 1.56. The van der Waals surface area contributed by atoms with Crippen LogP contribution in [0.15, 0.2) is 66.7 Å². The molecule has 6 nitrogen and oxygen atoms in total. The Morgan fingerprint density at radius 1 is 0.871 bits per heavy atom. The summed E-state index contributed by atoms with van der Waals surface area (Å²) >= 11 is 0. The van der Waals surface area contributed by atoms with Crippen LogP contribution in [-0.4, -0.2) is 32.6 Å². The number of nitrogens with one attached hydrogen (secondary N) is 1. The fourth-order valence-corrected chi connectivity index (χ4v) is 3.76. The van der Waals surface area contributed by atoms with E-state index in [1.165, 1.54) is 0 Å². The number of methoxy groups -OCH3 is 2. The van der Waals surface area contributed by atoms with E-state index in [1.54, 1.807) is 32.4 Å². The van der Waals surface area contributed by atoms with Crippen LogP contribution >= 0.6 is 0 Å². The number of nitrogens with zero attached hydrogens (tertiary/aromatic N) is 1. The molecule has 0 atom stereocenters. The Labute approximate surface area is 181 Å². The van der Waals surface area contributed by atoms with Crippen molar-refractivity contribution in [3.8, 4) is 11.5 Å². The van der Waals surface area contributed by atoms with Crippen LogP contribution in [-0.2, 0) is 6.42 Å². The van der Waals surface area contributed by atoms with Crippen molar-refractivity contribution in [3.63, 3.8) is 0 Å². The Hall–Kier alpha value is -3.80. The van der Waals surface area contributed by atoms with Gasteiger partial charge in [0.15, 0.2) is 0 Å². The van der Waals surface area contributed by atoms with E-state index in [1.807, 2.05) is 53.4 Å². The maximum atomic E-state index is 13.0. The molecule has 0 spiro atoms. The van der Waals surface area contributed by atoms with Gasteiger partial charge in [0.25, 0.3) is 11.8 Å². The second kappa shape index (κ2) is 8.92. The van der Waals surface area contributed by atoms with Crippen LogP contribution < -0.4 is 19.7 Å². The quantitative estimate of drug-likeness (QED) is 0.663. The SMILES string of the molecule is COc1cc(OC)cc(C(=O)Nc2ccc3c(c2)CCCN3C(=O)c2ccccc2)c1. The summed E-state index contributed by atoms with van der Waals surface area (Å²) in [5.74, 6) is 0.821. The number of carbonyl (C=O) groups excluding carboxylic acids is 2. The summed E-state index contributed by atoms with van der Waals surface area (Å²) < 4.78 is 10.5. The molecule has 3 aromatic carbocycles. The number of hydrogen-bond acceptors (Lipinski definition) is 4. The summed E-state index contributed by atoms with van der Waals surface area (Å²) in [6.45, 7) is 0.677. The molecule has 0 fully saturated rings. The summed E-state index contributed by atoms with van der Waals surface area (Å²) in [7, 11) is 3.09. The van der Waals surface area contributed by atoms with Gasteiger partial charge in [-0.05, 0) is 60.9 Å². The molecule has 1 heterocycles. The molecule has 2 amide bonds. The molecule has 0 aromatic heterocycles. The first-order valence-corrected chi connectivity index (χ1v) is 10.1. The van der Waals surface area contributed by atoms with Gasteiger partial charge in [0.05, 0.1) is 14.2 Å². The van der Waals surface area contributed by atoms with Crippen molar-refractivity contribution in [2.24, 2.45) is 0 Å². The average molecular weight is 416 g/mol. The van der Waals surface area contributed by atoms with E-state index in [4.69, 9.17) is 9.47 Å². The number of fused-ring (bicyclic) bond motifs is 1. The van der Waals surface area contributed by atoms with Crippen LogP contribution in [0.5, 0.6) is 11.5 Å². The zero-order chi connectivity index (χ0) is 21.8. The molecule has 0 radical (unpaired) electrons. The lowest BCUT2D eigenvalue weighted by Crippen LogP contribution is -2.35. The minimum absolute atomic E-state index is 0.0122. The summed E-state index contributed by atoms with van der Waals surface area (Å²) in [4.78, 5) is 27.6. The highest BCUT2D eigenvalue weighted by Crippen LogP contribution is 2.31. The van der Waals surface area contributed by atoms with Crippen molar-refractivity contribution in [3.05, 3.63) is 83.4 Å². The van der Waals surface area contributed by atoms with Gasteiger partial charge in [-0.3, -0.25) is 9.59 Å². The van der Waals surface area contributed by atoms with Crippen LogP contribution in [0.25, 0.3) is 0 Å². The van der Waals surface area contributed by atoms with E-state index in [0.29, 0.717) is 34.9 Å². The maximum Gasteiger partial charge on any atom is 0.258 e. The maximum absolute atomic E-state index is 13.0. The third-order valence-corrected chi connectivity index (χ3v) is 5.34. The standard InChI is InChI=1S/C25H24N2O4/c1-30-21-14-19(15-22(16-21)31-2)24(28)26-20-10-11-23-18(13-20)9-6-12-27(23)25(29)17-7-4-3-5-8-17/h3-5,7-8,10-11,13-16H,6,9,12H2,1-2H3,(H,26,28). The van der Waals surface area contributed by atoms with Crippen LogP contribution in [0.1, 0.15) is 32.7 Å². The highest BCUT2D eigenvalue weighted by molar-refractivity contribution is 6.07. The summed E-state index contributed by atoms with van der Waals surface area (Å²) in [6.07, 6.45) is 1.72. The van der Waals surface area contributed by atoms with Crippen LogP contribution in [0.3, 0.4) is 0 Å². The monoisotopic (exact) mass is 416 g/mol. The Kier molecular flexibility index (Phi) is 5.89. The third-order valence-electron chi connectivity index (χ3n) is 5.34. The van der Waals surface area contributed by atoms with Crippen molar-refractivity contribution in [1.82, 2.24) is 0 Å². The van der Waals surface area contributed by atoms with Gasteiger partial charge in [0.1, 0.15) is 11.5 Å². The van der Waals surface area contributed by atoms with Gasteiger partial charge < -0.3 is 19.7 Å². The Morgan fingerprint density at radius 3 is 2.26 bits per heavy atom. The number of carbonyl (C=O) groups is 2. The van der Waals surface area contributed by atoms with E-state index >= 15 is 0 Å². The van der Waals surface area contributed by atoms with Gasteiger partial charge in [0, 0.05) is 35.1 Å². The average Bonchev–Trinajstić information content (AvgIpc) is 2.83. The van der Waals surface area contributed by atoms with Crippen molar-refractivity contribution in [2.45, 2.75) is 12.8 Å². The van der Waals surface area contributed by atoms with Crippen molar-refractivity contribution in [1.29, 1.82) is 0 Å². The van der Waals surface area contributed by atoms with Crippen LogP contribution in [0.2, 0.25) is 0 Å². The minimum Gasteiger partial charge on any atom is -0.497 e. The molecule has 1 aliphatic heterocycles. The van der Waals surface area contributed by atoms with E-state index in [2.05, 4.69) is 5.32 Å². The summed E-state index contributed by atoms with van der Waals surface area (Å²) in [5.41, 5.74) is 3.71. The Morgan fingerprint density at radius 2 is 1.58 bits per heavy atom. The fourth-order valence-electron chi connectivity index (χ4n) is 3.76. The molecule has 1 N–H and O–H groups in total. The second-order valence-electron chi connectivity index (χ2n) is 7.33. The van der Waals surface area contributed by atoms with Crippen molar-refractivity contribution < 1.29 is 19.1 Å². The molecule has 0 bridgehead atoms. The molecule has 1 aliphatic rings. The first-order valence-electron chi connectivity index (χ1n) is 10.1. The van der Waals surface area contributed by atoms with Crippen LogP contribution in [0, 0.1) is 0 Å². The topological polar surface area (TPSA) is 67.9 Å². The van der Waals surface area contributed by atoms with Gasteiger partial charge in [-0.1, -0.05) is 18.2 Å². The smallest absolute Gasteiger partial charge is 0.258 e. The number of rotatable bonds is 5. The molecule has 0 saturated carbocycles. The molecule has 0 unspecified atom stereocenters. The van der Waals surface area contributed by atoms with Gasteiger partial charge in [-0.2, -0.15) is 0 Å². The minimum atomic E-state index is -0.259. The molecule has 3 aromatic rings. The summed E-state index contributed by atoms with van der Waals surface area (Å²) in [6, 6.07) is 20.0. The summed E-state index contributed by atoms with van der Waals surface area (Å²) in [5, 5.41) is 2.93. The van der Waals surface area contributed by atoms with E-state index in [-0.39, 0.29) is 11.8 Å². The molecular weight excluding hydrogens is 392 g/mol. The molecule has 4 rings (SSSR count). The normalized spacial score (nSPS) is 12.6. The number of benzene rings is 3. The highest BCUT2D eigenvalue weighted by atomic mass is 16.5. The predicted molar refractivity (Wildman–Crippen MR) is 120 cm³/mol. The molecule has 31 heavy (non-hydrogen) atoms. The predicted octanol–water partition coefficient (Wildman–Crippen LogP) is 4.55. The first-order chi connectivity index (χ1) is 15.1. The number of anilines is 2. The van der Waals surface area contributed by atoms with Gasteiger partial charge in [-0.15, -0.1) is 0 Å². The zero-order valence-corrected chi connectivity index (χ0v) is 17.6. The number of amides is 2. The Bertz CT molecular complexity index is 1090. The molecule has 0 aliphatic carbocycles. The zero-order valence-electron chi connectivity index (χ0n) is 17.6. The van der Waals surface area contributed by atoms with E-state index in [9.17, 15) is 9.59 Å². The number of hydrogen-bond donors (Lipinski definition) is 1. The van der Waals surface area contributed by atoms with Gasteiger partial charge >= 0.3 is 0 Å². The second-order valence-corrected chi connectivity index (χ2v) is 7.33. The molecule has 0 saturated heterocycles. The lowest BCUT2D eigenvalue weighted by Gasteiger charge is -2.30. The van der Waals surface area contributed by atoms with E-state index in [0.717, 1.165) is 24.1 Å².